The van der Waals surface area contributed by atoms with Gasteiger partial charge in [-0.3, -0.25) is 0 Å². The Morgan fingerprint density at radius 2 is 1.47 bits per heavy atom. The van der Waals surface area contributed by atoms with Crippen LogP contribution in [-0.4, -0.2) is 0 Å². The first-order valence-corrected chi connectivity index (χ1v) is 7.08. The van der Waals surface area contributed by atoms with Crippen LogP contribution < -0.4 is 0 Å². The Morgan fingerprint density at radius 3 is 2.00 bits per heavy atom. The van der Waals surface area contributed by atoms with Crippen molar-refractivity contribution in [3.8, 4) is 0 Å². The third-order valence-electron chi connectivity index (χ3n) is 3.76. The summed E-state index contributed by atoms with van der Waals surface area (Å²) in [4.78, 5) is 0. The molecule has 1 aliphatic rings. The average Bonchev–Trinajstić information content (AvgIpc) is 2.39. The molecule has 0 bridgehead atoms. The van der Waals surface area contributed by atoms with Crippen molar-refractivity contribution in [3.63, 3.8) is 0 Å². The number of unbranched alkanes of at least 4 members (excludes halogenated alkanes) is 1. The maximum absolute atomic E-state index is 2.36. The van der Waals surface area contributed by atoms with Crippen molar-refractivity contribution in [2.75, 3.05) is 0 Å². The van der Waals surface area contributed by atoms with Gasteiger partial charge in [-0.05, 0) is 17.8 Å². The molecule has 1 saturated carbocycles. The summed E-state index contributed by atoms with van der Waals surface area (Å²) in [5, 5.41) is 0. The van der Waals surface area contributed by atoms with E-state index in [4.69, 9.17) is 0 Å². The van der Waals surface area contributed by atoms with Crippen molar-refractivity contribution in [1.82, 2.24) is 0 Å². The van der Waals surface area contributed by atoms with Crippen LogP contribution >= 0.6 is 0 Å². The highest BCUT2D eigenvalue weighted by atomic mass is 14.2. The molecular formula is C15H30. The summed E-state index contributed by atoms with van der Waals surface area (Å²) in [7, 11) is 0. The molecule has 0 aromatic rings. The van der Waals surface area contributed by atoms with E-state index in [1.54, 1.807) is 0 Å². The van der Waals surface area contributed by atoms with Crippen LogP contribution in [0.25, 0.3) is 0 Å². The Bertz CT molecular complexity index is 144. The normalized spacial score (nSPS) is 20.2. The van der Waals surface area contributed by atoms with E-state index in [1.807, 2.05) is 0 Å². The number of hydrogen-bond donors (Lipinski definition) is 0. The fourth-order valence-electron chi connectivity index (χ4n) is 2.74. The summed E-state index contributed by atoms with van der Waals surface area (Å²) in [5.41, 5.74) is 0.545. The molecule has 0 spiro atoms. The molecule has 0 radical (unpaired) electrons. The molecule has 1 aliphatic carbocycles. The lowest BCUT2D eigenvalue weighted by Crippen LogP contribution is -2.05. The number of hydrogen-bond acceptors (Lipinski definition) is 0. The molecular weight excluding hydrogens is 180 g/mol. The topological polar surface area (TPSA) is 0 Å². The minimum atomic E-state index is 0.545. The van der Waals surface area contributed by atoms with E-state index in [1.165, 1.54) is 64.2 Å². The van der Waals surface area contributed by atoms with Crippen molar-refractivity contribution in [3.05, 3.63) is 0 Å². The lowest BCUT2D eigenvalue weighted by molar-refractivity contribution is 0.338. The van der Waals surface area contributed by atoms with E-state index >= 15 is 0 Å². The van der Waals surface area contributed by atoms with Crippen LogP contribution in [0.4, 0.5) is 0 Å². The fourth-order valence-corrected chi connectivity index (χ4v) is 2.74. The van der Waals surface area contributed by atoms with Crippen molar-refractivity contribution in [1.29, 1.82) is 0 Å². The first kappa shape index (κ1) is 13.1. The van der Waals surface area contributed by atoms with Gasteiger partial charge in [-0.1, -0.05) is 78.6 Å². The summed E-state index contributed by atoms with van der Waals surface area (Å²) in [6, 6.07) is 0. The average molecular weight is 210 g/mol. The second-order valence-corrected chi connectivity index (χ2v) is 6.66. The van der Waals surface area contributed by atoms with Gasteiger partial charge in [0.05, 0.1) is 0 Å². The van der Waals surface area contributed by atoms with Crippen LogP contribution in [0.2, 0.25) is 0 Å². The minimum absolute atomic E-state index is 0.545. The second-order valence-electron chi connectivity index (χ2n) is 6.66. The third-order valence-corrected chi connectivity index (χ3v) is 3.76. The zero-order chi connectivity index (χ0) is 11.1. The van der Waals surface area contributed by atoms with Crippen molar-refractivity contribution in [2.24, 2.45) is 11.3 Å². The zero-order valence-electron chi connectivity index (χ0n) is 11.1. The van der Waals surface area contributed by atoms with Crippen molar-refractivity contribution < 1.29 is 0 Å². The molecule has 90 valence electrons. The highest BCUT2D eigenvalue weighted by Gasteiger charge is 2.13. The van der Waals surface area contributed by atoms with Crippen LogP contribution in [0.3, 0.4) is 0 Å². The molecule has 0 heterocycles. The van der Waals surface area contributed by atoms with Gasteiger partial charge >= 0.3 is 0 Å². The van der Waals surface area contributed by atoms with E-state index in [9.17, 15) is 0 Å². The molecule has 0 aliphatic heterocycles. The molecule has 0 atom stereocenters. The summed E-state index contributed by atoms with van der Waals surface area (Å²) in [6.07, 6.45) is 14.9. The summed E-state index contributed by atoms with van der Waals surface area (Å²) >= 11 is 0. The molecule has 0 N–H and O–H groups in total. The standard InChI is InChI=1S/C15H30/c1-15(2,3)13-9-8-12-14-10-6-4-5-7-11-14/h14H,4-13H2,1-3H3. The highest BCUT2D eigenvalue weighted by Crippen LogP contribution is 2.28. The van der Waals surface area contributed by atoms with Gasteiger partial charge < -0.3 is 0 Å². The van der Waals surface area contributed by atoms with Gasteiger partial charge in [0.2, 0.25) is 0 Å². The van der Waals surface area contributed by atoms with Gasteiger partial charge in [0.1, 0.15) is 0 Å². The maximum Gasteiger partial charge on any atom is -0.0383 e. The van der Waals surface area contributed by atoms with Crippen LogP contribution in [0.15, 0.2) is 0 Å². The molecule has 0 heteroatoms. The number of rotatable bonds is 4. The van der Waals surface area contributed by atoms with Crippen LogP contribution in [0, 0.1) is 11.3 Å². The minimum Gasteiger partial charge on any atom is -0.0602 e. The van der Waals surface area contributed by atoms with Crippen molar-refractivity contribution in [2.45, 2.75) is 85.0 Å². The second kappa shape index (κ2) is 6.55. The predicted molar refractivity (Wildman–Crippen MR) is 69.1 cm³/mol. The Kier molecular flexibility index (Phi) is 5.71. The molecule has 0 aromatic carbocycles. The molecule has 0 aromatic heterocycles. The quantitative estimate of drug-likeness (QED) is 0.421. The summed E-state index contributed by atoms with van der Waals surface area (Å²) in [6.45, 7) is 7.08. The van der Waals surface area contributed by atoms with Gasteiger partial charge in [0.15, 0.2) is 0 Å². The summed E-state index contributed by atoms with van der Waals surface area (Å²) in [5.74, 6) is 1.08. The maximum atomic E-state index is 2.36. The SMILES string of the molecule is CC(C)(C)CCCCC1CCCCCC1. The lowest BCUT2D eigenvalue weighted by Gasteiger charge is -2.19. The monoisotopic (exact) mass is 210 g/mol. The van der Waals surface area contributed by atoms with E-state index < -0.39 is 0 Å². The largest absolute Gasteiger partial charge is 0.0602 e. The van der Waals surface area contributed by atoms with E-state index in [-0.39, 0.29) is 0 Å². The van der Waals surface area contributed by atoms with Crippen LogP contribution in [0.5, 0.6) is 0 Å². The van der Waals surface area contributed by atoms with Gasteiger partial charge in [-0.2, -0.15) is 0 Å². The fraction of sp³-hybridized carbons (Fsp3) is 1.00. The third kappa shape index (κ3) is 6.98. The van der Waals surface area contributed by atoms with Crippen LogP contribution in [0.1, 0.15) is 85.0 Å². The first-order chi connectivity index (χ1) is 7.08. The Hall–Kier alpha value is 0. The van der Waals surface area contributed by atoms with Gasteiger partial charge in [-0.25, -0.2) is 0 Å². The molecule has 0 unspecified atom stereocenters. The Morgan fingerprint density at radius 1 is 0.867 bits per heavy atom. The molecule has 0 nitrogen and oxygen atoms in total. The molecule has 1 fully saturated rings. The Labute approximate surface area is 96.8 Å². The van der Waals surface area contributed by atoms with Crippen molar-refractivity contribution >= 4 is 0 Å². The molecule has 0 amide bonds. The highest BCUT2D eigenvalue weighted by molar-refractivity contribution is 4.66. The van der Waals surface area contributed by atoms with Gasteiger partial charge in [-0.15, -0.1) is 0 Å². The zero-order valence-corrected chi connectivity index (χ0v) is 11.1. The van der Waals surface area contributed by atoms with Crippen LogP contribution in [-0.2, 0) is 0 Å². The van der Waals surface area contributed by atoms with E-state index in [0.29, 0.717) is 5.41 Å². The van der Waals surface area contributed by atoms with E-state index in [2.05, 4.69) is 20.8 Å². The first-order valence-electron chi connectivity index (χ1n) is 7.08. The van der Waals surface area contributed by atoms with E-state index in [0.717, 1.165) is 5.92 Å². The molecule has 1 rings (SSSR count). The molecule has 15 heavy (non-hydrogen) atoms. The molecule has 0 saturated heterocycles. The summed E-state index contributed by atoms with van der Waals surface area (Å²) < 4.78 is 0. The lowest BCUT2D eigenvalue weighted by atomic mass is 9.87. The van der Waals surface area contributed by atoms with Gasteiger partial charge in [0, 0.05) is 0 Å². The Balaban J connectivity index is 2.03. The van der Waals surface area contributed by atoms with Gasteiger partial charge in [0.25, 0.3) is 0 Å². The smallest absolute Gasteiger partial charge is 0.0383 e. The predicted octanol–water partition coefficient (Wildman–Crippen LogP) is 5.56.